The van der Waals surface area contributed by atoms with Crippen molar-refractivity contribution in [3.8, 4) is 0 Å². The number of halogens is 1. The summed E-state index contributed by atoms with van der Waals surface area (Å²) in [6, 6.07) is 1.94. The standard InChI is InChI=1S/C14H21BrN2OS/c1-14(2,3)17-7-5-16(6-8-17)10-12(18)13-11(15)4-9-19-13/h4,9H,5-8,10H2,1-3H3. The predicted molar refractivity (Wildman–Crippen MR) is 84.1 cm³/mol. The molecular weight excluding hydrogens is 324 g/mol. The van der Waals surface area contributed by atoms with Crippen molar-refractivity contribution >= 4 is 33.0 Å². The Kier molecular flexibility index (Phi) is 4.82. The summed E-state index contributed by atoms with van der Waals surface area (Å²) in [7, 11) is 0. The molecule has 1 fully saturated rings. The first kappa shape index (κ1) is 15.2. The van der Waals surface area contributed by atoms with Crippen LogP contribution >= 0.6 is 27.3 Å². The average Bonchev–Trinajstić information content (AvgIpc) is 2.75. The molecule has 1 aromatic rings. The van der Waals surface area contributed by atoms with Gasteiger partial charge in [-0.1, -0.05) is 0 Å². The van der Waals surface area contributed by atoms with Crippen LogP contribution in [0.1, 0.15) is 30.4 Å². The summed E-state index contributed by atoms with van der Waals surface area (Å²) < 4.78 is 0.927. The Labute approximate surface area is 127 Å². The zero-order chi connectivity index (χ0) is 14.0. The zero-order valence-electron chi connectivity index (χ0n) is 11.8. The van der Waals surface area contributed by atoms with Crippen molar-refractivity contribution < 1.29 is 4.79 Å². The van der Waals surface area contributed by atoms with Gasteiger partial charge >= 0.3 is 0 Å². The van der Waals surface area contributed by atoms with Gasteiger partial charge in [0.2, 0.25) is 0 Å². The fraction of sp³-hybridized carbons (Fsp3) is 0.643. The van der Waals surface area contributed by atoms with Gasteiger partial charge in [-0.3, -0.25) is 14.6 Å². The SMILES string of the molecule is CC(C)(C)N1CCN(CC(=O)c2sccc2Br)CC1. The normalized spacial score (nSPS) is 18.7. The van der Waals surface area contributed by atoms with Gasteiger partial charge in [0.05, 0.1) is 11.4 Å². The minimum absolute atomic E-state index is 0.228. The highest BCUT2D eigenvalue weighted by Gasteiger charge is 2.27. The number of thiophene rings is 1. The Bertz CT molecular complexity index is 445. The van der Waals surface area contributed by atoms with Gasteiger partial charge in [0, 0.05) is 36.2 Å². The molecule has 1 aromatic heterocycles. The van der Waals surface area contributed by atoms with E-state index in [2.05, 4.69) is 46.5 Å². The lowest BCUT2D eigenvalue weighted by molar-refractivity contribution is 0.0580. The van der Waals surface area contributed by atoms with E-state index < -0.39 is 0 Å². The molecule has 0 radical (unpaired) electrons. The second-order valence-electron chi connectivity index (χ2n) is 5.95. The van der Waals surface area contributed by atoms with Gasteiger partial charge in [-0.25, -0.2) is 0 Å². The fourth-order valence-corrected chi connectivity index (χ4v) is 3.87. The highest BCUT2D eigenvalue weighted by atomic mass is 79.9. The lowest BCUT2D eigenvalue weighted by Gasteiger charge is -2.42. The molecule has 0 unspecified atom stereocenters. The third kappa shape index (κ3) is 3.88. The smallest absolute Gasteiger partial charge is 0.187 e. The van der Waals surface area contributed by atoms with E-state index in [-0.39, 0.29) is 11.3 Å². The maximum Gasteiger partial charge on any atom is 0.187 e. The molecule has 2 rings (SSSR count). The number of nitrogens with zero attached hydrogens (tertiary/aromatic N) is 2. The second kappa shape index (κ2) is 6.04. The van der Waals surface area contributed by atoms with E-state index >= 15 is 0 Å². The highest BCUT2D eigenvalue weighted by molar-refractivity contribution is 9.10. The quantitative estimate of drug-likeness (QED) is 0.787. The monoisotopic (exact) mass is 344 g/mol. The van der Waals surface area contributed by atoms with Gasteiger partial charge in [-0.05, 0) is 48.1 Å². The molecule has 0 N–H and O–H groups in total. The van der Waals surface area contributed by atoms with E-state index in [0.717, 1.165) is 35.5 Å². The minimum atomic E-state index is 0.228. The molecule has 0 bridgehead atoms. The lowest BCUT2D eigenvalue weighted by Crippen LogP contribution is -2.54. The van der Waals surface area contributed by atoms with Crippen molar-refractivity contribution in [1.29, 1.82) is 0 Å². The molecule has 1 aliphatic heterocycles. The highest BCUT2D eigenvalue weighted by Crippen LogP contribution is 2.23. The van der Waals surface area contributed by atoms with Crippen LogP contribution in [0.5, 0.6) is 0 Å². The maximum absolute atomic E-state index is 12.2. The van der Waals surface area contributed by atoms with E-state index in [1.165, 1.54) is 11.3 Å². The first-order chi connectivity index (χ1) is 8.88. The van der Waals surface area contributed by atoms with Crippen LogP contribution in [-0.2, 0) is 0 Å². The van der Waals surface area contributed by atoms with Crippen LogP contribution < -0.4 is 0 Å². The lowest BCUT2D eigenvalue weighted by atomic mass is 10.0. The number of Topliss-reactive ketones (excluding diaryl/α,β-unsaturated/α-hetero) is 1. The third-order valence-electron chi connectivity index (χ3n) is 3.56. The van der Waals surface area contributed by atoms with Gasteiger partial charge < -0.3 is 0 Å². The molecule has 0 saturated carbocycles. The molecule has 19 heavy (non-hydrogen) atoms. The minimum Gasteiger partial charge on any atom is -0.296 e. The van der Waals surface area contributed by atoms with Gasteiger partial charge in [0.25, 0.3) is 0 Å². The molecule has 5 heteroatoms. The number of hydrogen-bond donors (Lipinski definition) is 0. The van der Waals surface area contributed by atoms with Crippen LogP contribution in [0.25, 0.3) is 0 Å². The van der Waals surface area contributed by atoms with Gasteiger partial charge in [-0.2, -0.15) is 0 Å². The summed E-state index contributed by atoms with van der Waals surface area (Å²) >= 11 is 4.95. The summed E-state index contributed by atoms with van der Waals surface area (Å²) in [5.41, 5.74) is 0.229. The Balaban J connectivity index is 1.86. The van der Waals surface area contributed by atoms with Crippen LogP contribution in [0.2, 0.25) is 0 Å². The molecule has 0 aliphatic carbocycles. The molecule has 0 aromatic carbocycles. The largest absolute Gasteiger partial charge is 0.296 e. The summed E-state index contributed by atoms with van der Waals surface area (Å²) in [5, 5.41) is 1.95. The van der Waals surface area contributed by atoms with Gasteiger partial charge in [-0.15, -0.1) is 11.3 Å². The van der Waals surface area contributed by atoms with Crippen LogP contribution in [0, 0.1) is 0 Å². The number of ketones is 1. The predicted octanol–water partition coefficient (Wildman–Crippen LogP) is 3.11. The number of piperazine rings is 1. The maximum atomic E-state index is 12.2. The van der Waals surface area contributed by atoms with E-state index in [1.54, 1.807) is 0 Å². The second-order valence-corrected chi connectivity index (χ2v) is 7.73. The summed E-state index contributed by atoms with van der Waals surface area (Å²) in [4.78, 5) is 17.8. The Morgan fingerprint density at radius 1 is 1.32 bits per heavy atom. The third-order valence-corrected chi connectivity index (χ3v) is 5.44. The van der Waals surface area contributed by atoms with Crippen molar-refractivity contribution in [3.63, 3.8) is 0 Å². The number of carbonyl (C=O) groups is 1. The van der Waals surface area contributed by atoms with Crippen molar-refractivity contribution in [2.45, 2.75) is 26.3 Å². The summed E-state index contributed by atoms with van der Waals surface area (Å²) in [5.74, 6) is 0.228. The van der Waals surface area contributed by atoms with Crippen molar-refractivity contribution in [2.75, 3.05) is 32.7 Å². The Hall–Kier alpha value is -0.230. The molecule has 1 saturated heterocycles. The Morgan fingerprint density at radius 3 is 2.42 bits per heavy atom. The molecule has 0 amide bonds. The molecular formula is C14H21BrN2OS. The van der Waals surface area contributed by atoms with Crippen molar-refractivity contribution in [3.05, 3.63) is 20.8 Å². The van der Waals surface area contributed by atoms with Crippen LogP contribution in [0.15, 0.2) is 15.9 Å². The topological polar surface area (TPSA) is 23.6 Å². The first-order valence-corrected chi connectivity index (χ1v) is 8.29. The van der Waals surface area contributed by atoms with E-state index in [0.29, 0.717) is 6.54 Å². The fourth-order valence-electron chi connectivity index (χ4n) is 2.34. The van der Waals surface area contributed by atoms with E-state index in [1.807, 2.05) is 11.4 Å². The molecule has 1 aliphatic rings. The summed E-state index contributed by atoms with van der Waals surface area (Å²) in [6.45, 7) is 11.3. The van der Waals surface area contributed by atoms with Crippen molar-refractivity contribution in [1.82, 2.24) is 9.80 Å². The number of hydrogen-bond acceptors (Lipinski definition) is 4. The Morgan fingerprint density at radius 2 is 1.95 bits per heavy atom. The number of carbonyl (C=O) groups excluding carboxylic acids is 1. The van der Waals surface area contributed by atoms with Gasteiger partial charge in [0.1, 0.15) is 0 Å². The van der Waals surface area contributed by atoms with Crippen LogP contribution in [-0.4, -0.2) is 53.8 Å². The molecule has 2 heterocycles. The van der Waals surface area contributed by atoms with Crippen LogP contribution in [0.3, 0.4) is 0 Å². The average molecular weight is 345 g/mol. The molecule has 3 nitrogen and oxygen atoms in total. The van der Waals surface area contributed by atoms with Gasteiger partial charge in [0.15, 0.2) is 5.78 Å². The van der Waals surface area contributed by atoms with Crippen LogP contribution in [0.4, 0.5) is 0 Å². The molecule has 0 atom stereocenters. The number of rotatable bonds is 3. The van der Waals surface area contributed by atoms with E-state index in [9.17, 15) is 4.79 Å². The molecule has 0 spiro atoms. The van der Waals surface area contributed by atoms with E-state index in [4.69, 9.17) is 0 Å². The molecule has 106 valence electrons. The zero-order valence-corrected chi connectivity index (χ0v) is 14.2. The summed E-state index contributed by atoms with van der Waals surface area (Å²) in [6.07, 6.45) is 0. The first-order valence-electron chi connectivity index (χ1n) is 6.61. The van der Waals surface area contributed by atoms with Crippen molar-refractivity contribution in [2.24, 2.45) is 0 Å².